The molecule has 0 aliphatic carbocycles. The molecule has 4 heterocycles. The molecule has 4 aromatic heterocycles. The third kappa shape index (κ3) is 2.39. The molecule has 0 bridgehead atoms. The van der Waals surface area contributed by atoms with Crippen molar-refractivity contribution in [3.05, 3.63) is 60.2 Å². The van der Waals surface area contributed by atoms with E-state index in [9.17, 15) is 5.11 Å². The number of fused-ring (bicyclic) bond motifs is 2. The number of aliphatic hydroxyl groups is 1. The molecule has 0 unspecified atom stereocenters. The molecule has 0 saturated heterocycles. The van der Waals surface area contributed by atoms with Crippen molar-refractivity contribution in [3.8, 4) is 0 Å². The zero-order chi connectivity index (χ0) is 15.6. The number of aromatic nitrogens is 4. The Balaban J connectivity index is 1.87. The molecule has 5 nitrogen and oxygen atoms in total. The summed E-state index contributed by atoms with van der Waals surface area (Å²) in [6.45, 7) is 0.192. The van der Waals surface area contributed by atoms with E-state index in [-0.39, 0.29) is 12.5 Å². The molecule has 23 heavy (non-hydrogen) atoms. The van der Waals surface area contributed by atoms with Gasteiger partial charge in [0.05, 0.1) is 0 Å². The van der Waals surface area contributed by atoms with Crippen LogP contribution in [0.4, 0.5) is 0 Å². The van der Waals surface area contributed by atoms with Crippen LogP contribution < -0.4 is 0 Å². The lowest BCUT2D eigenvalue weighted by molar-refractivity contribution is 0.282. The fraction of sp³-hybridized carbons (Fsp3) is 0.222. The van der Waals surface area contributed by atoms with Crippen molar-refractivity contribution >= 4 is 22.1 Å². The average molecular weight is 306 g/mol. The van der Waals surface area contributed by atoms with E-state index < -0.39 is 0 Å². The summed E-state index contributed by atoms with van der Waals surface area (Å²) in [6.07, 6.45) is 9.29. The van der Waals surface area contributed by atoms with Gasteiger partial charge >= 0.3 is 0 Å². The first-order valence-electron chi connectivity index (χ1n) is 7.83. The Morgan fingerprint density at radius 1 is 0.913 bits per heavy atom. The molecule has 0 atom stereocenters. The maximum absolute atomic E-state index is 9.30. The lowest BCUT2D eigenvalue weighted by atomic mass is 9.87. The van der Waals surface area contributed by atoms with Crippen molar-refractivity contribution in [2.45, 2.75) is 18.8 Å². The molecule has 0 saturated carbocycles. The molecule has 4 aromatic rings. The highest BCUT2D eigenvalue weighted by molar-refractivity contribution is 5.84. The zero-order valence-corrected chi connectivity index (χ0v) is 12.7. The van der Waals surface area contributed by atoms with Gasteiger partial charge < -0.3 is 15.1 Å². The van der Waals surface area contributed by atoms with E-state index in [2.05, 4.69) is 32.1 Å². The summed E-state index contributed by atoms with van der Waals surface area (Å²) in [5, 5.41) is 11.6. The van der Waals surface area contributed by atoms with Crippen molar-refractivity contribution in [2.75, 3.05) is 6.61 Å². The molecule has 116 valence electrons. The molecule has 3 N–H and O–H groups in total. The van der Waals surface area contributed by atoms with Gasteiger partial charge in [-0.2, -0.15) is 0 Å². The lowest BCUT2D eigenvalue weighted by Gasteiger charge is -2.15. The van der Waals surface area contributed by atoms with E-state index in [0.29, 0.717) is 0 Å². The lowest BCUT2D eigenvalue weighted by Crippen LogP contribution is -2.01. The topological polar surface area (TPSA) is 77.6 Å². The van der Waals surface area contributed by atoms with Crippen LogP contribution in [0.15, 0.2) is 49.1 Å². The summed E-state index contributed by atoms with van der Waals surface area (Å²) in [4.78, 5) is 15.3. The van der Waals surface area contributed by atoms with Gasteiger partial charge in [0.15, 0.2) is 0 Å². The number of H-pyrrole nitrogens is 2. The highest BCUT2D eigenvalue weighted by Crippen LogP contribution is 2.36. The van der Waals surface area contributed by atoms with E-state index in [4.69, 9.17) is 0 Å². The number of rotatable bonds is 5. The third-order valence-electron chi connectivity index (χ3n) is 4.37. The molecule has 4 rings (SSSR count). The minimum absolute atomic E-state index is 0.192. The number of hydrogen-bond acceptors (Lipinski definition) is 3. The van der Waals surface area contributed by atoms with Crippen molar-refractivity contribution in [2.24, 2.45) is 0 Å². The van der Waals surface area contributed by atoms with Gasteiger partial charge in [0.2, 0.25) is 0 Å². The third-order valence-corrected chi connectivity index (χ3v) is 4.37. The van der Waals surface area contributed by atoms with Gasteiger partial charge in [-0.3, -0.25) is 0 Å². The van der Waals surface area contributed by atoms with Gasteiger partial charge in [0, 0.05) is 48.1 Å². The molecule has 5 heteroatoms. The number of hydrogen-bond donors (Lipinski definition) is 3. The first-order valence-corrected chi connectivity index (χ1v) is 7.83. The summed E-state index contributed by atoms with van der Waals surface area (Å²) in [7, 11) is 0. The standard InChI is InChI=1S/C18H18N4O/c23-9-3-6-12(15-10-21-17-13(15)4-1-7-19-17)16-11-22-18-14(16)5-2-8-20-18/h1-2,4-5,7-8,10-12,23H,3,6,9H2,(H,19,21)(H,20,22). The second kappa shape index (κ2) is 5.85. The maximum atomic E-state index is 9.30. The predicted molar refractivity (Wildman–Crippen MR) is 90.4 cm³/mol. The Hall–Kier alpha value is -2.66. The molecular formula is C18H18N4O. The Kier molecular flexibility index (Phi) is 3.55. The Bertz CT molecular complexity index is 866. The summed E-state index contributed by atoms with van der Waals surface area (Å²) in [5.74, 6) is 0.193. The molecule has 0 aliphatic heterocycles. The van der Waals surface area contributed by atoms with Gasteiger partial charge in [-0.05, 0) is 48.2 Å². The fourth-order valence-electron chi connectivity index (χ4n) is 3.30. The van der Waals surface area contributed by atoms with Crippen LogP contribution >= 0.6 is 0 Å². The highest BCUT2D eigenvalue weighted by atomic mass is 16.2. The molecule has 0 aromatic carbocycles. The van der Waals surface area contributed by atoms with E-state index >= 15 is 0 Å². The van der Waals surface area contributed by atoms with Crippen LogP contribution in [0.1, 0.15) is 29.9 Å². The maximum Gasteiger partial charge on any atom is 0.137 e. The summed E-state index contributed by atoms with van der Waals surface area (Å²) >= 11 is 0. The summed E-state index contributed by atoms with van der Waals surface area (Å²) in [6, 6.07) is 8.10. The second-order valence-electron chi connectivity index (χ2n) is 5.71. The van der Waals surface area contributed by atoms with Crippen molar-refractivity contribution in [1.82, 2.24) is 19.9 Å². The van der Waals surface area contributed by atoms with E-state index in [1.54, 1.807) is 12.4 Å². The molecular weight excluding hydrogens is 288 g/mol. The largest absolute Gasteiger partial charge is 0.396 e. The second-order valence-corrected chi connectivity index (χ2v) is 5.71. The minimum atomic E-state index is 0.192. The van der Waals surface area contributed by atoms with Gasteiger partial charge in [-0.1, -0.05) is 0 Å². The monoisotopic (exact) mass is 306 g/mol. The first kappa shape index (κ1) is 14.0. The first-order chi connectivity index (χ1) is 11.4. The van der Waals surface area contributed by atoms with E-state index in [1.807, 2.05) is 24.5 Å². The summed E-state index contributed by atoms with van der Waals surface area (Å²) in [5.41, 5.74) is 4.22. The fourth-order valence-corrected chi connectivity index (χ4v) is 3.30. The van der Waals surface area contributed by atoms with Gasteiger partial charge in [-0.15, -0.1) is 0 Å². The molecule has 0 radical (unpaired) electrons. The molecule has 0 spiro atoms. The number of nitrogens with zero attached hydrogens (tertiary/aromatic N) is 2. The quantitative estimate of drug-likeness (QED) is 0.529. The highest BCUT2D eigenvalue weighted by Gasteiger charge is 2.21. The Morgan fingerprint density at radius 3 is 2.00 bits per heavy atom. The van der Waals surface area contributed by atoms with Crippen LogP contribution in [-0.4, -0.2) is 31.6 Å². The average Bonchev–Trinajstić information content (AvgIpc) is 3.21. The van der Waals surface area contributed by atoms with Crippen LogP contribution in [0, 0.1) is 0 Å². The van der Waals surface area contributed by atoms with Crippen molar-refractivity contribution in [1.29, 1.82) is 0 Å². The predicted octanol–water partition coefficient (Wildman–Crippen LogP) is 3.34. The van der Waals surface area contributed by atoms with Gasteiger partial charge in [0.25, 0.3) is 0 Å². The van der Waals surface area contributed by atoms with Crippen LogP contribution in [-0.2, 0) is 0 Å². The smallest absolute Gasteiger partial charge is 0.137 e. The number of nitrogens with one attached hydrogen (secondary N) is 2. The van der Waals surface area contributed by atoms with Crippen LogP contribution in [0.25, 0.3) is 22.1 Å². The van der Waals surface area contributed by atoms with E-state index in [0.717, 1.165) is 34.9 Å². The minimum Gasteiger partial charge on any atom is -0.396 e. The van der Waals surface area contributed by atoms with Crippen molar-refractivity contribution in [3.63, 3.8) is 0 Å². The SMILES string of the molecule is OCCCC(c1c[nH]c2ncccc12)c1c[nH]c2ncccc12. The number of aliphatic hydroxyl groups excluding tert-OH is 1. The van der Waals surface area contributed by atoms with Crippen LogP contribution in [0.2, 0.25) is 0 Å². The van der Waals surface area contributed by atoms with E-state index in [1.165, 1.54) is 11.1 Å². The number of aromatic amines is 2. The van der Waals surface area contributed by atoms with Gasteiger partial charge in [-0.25, -0.2) is 9.97 Å². The zero-order valence-electron chi connectivity index (χ0n) is 12.7. The van der Waals surface area contributed by atoms with Gasteiger partial charge in [0.1, 0.15) is 11.3 Å². The Morgan fingerprint density at radius 2 is 1.48 bits per heavy atom. The summed E-state index contributed by atoms with van der Waals surface area (Å²) < 4.78 is 0. The van der Waals surface area contributed by atoms with Crippen LogP contribution in [0.5, 0.6) is 0 Å². The molecule has 0 amide bonds. The normalized spacial score (nSPS) is 11.7. The van der Waals surface area contributed by atoms with Crippen LogP contribution in [0.3, 0.4) is 0 Å². The molecule has 0 aliphatic rings. The van der Waals surface area contributed by atoms with Crippen molar-refractivity contribution < 1.29 is 5.11 Å². The molecule has 0 fully saturated rings. The number of pyridine rings is 2. The Labute approximate surface area is 133 Å².